The van der Waals surface area contributed by atoms with Crippen molar-refractivity contribution in [1.29, 1.82) is 0 Å². The Bertz CT molecular complexity index is 369. The fraction of sp³-hybridized carbons (Fsp3) is 0.692. The number of hydrogen-bond acceptors (Lipinski definition) is 4. The van der Waals surface area contributed by atoms with Crippen molar-refractivity contribution in [2.45, 2.75) is 52.5 Å². The fourth-order valence-corrected chi connectivity index (χ4v) is 2.46. The second-order valence-electron chi connectivity index (χ2n) is 4.38. The molecule has 0 saturated carbocycles. The van der Waals surface area contributed by atoms with Gasteiger partial charge in [-0.1, -0.05) is 20.8 Å². The first-order valence-corrected chi connectivity index (χ1v) is 7.44. The molecule has 0 fully saturated rings. The van der Waals surface area contributed by atoms with E-state index in [2.05, 4.69) is 64.2 Å². The molecule has 0 unspecified atom stereocenters. The molecule has 1 heterocycles. The minimum atomic E-state index is 0.111. The Morgan fingerprint density at radius 3 is 2.11 bits per heavy atom. The van der Waals surface area contributed by atoms with Gasteiger partial charge in [-0.3, -0.25) is 0 Å². The molecule has 0 atom stereocenters. The molecule has 0 bridgehead atoms. The second-order valence-corrected chi connectivity index (χ2v) is 5.17. The van der Waals surface area contributed by atoms with E-state index < -0.39 is 0 Å². The number of rotatable bonds is 7. The van der Waals surface area contributed by atoms with E-state index in [-0.39, 0.29) is 5.54 Å². The van der Waals surface area contributed by atoms with Crippen LogP contribution in [-0.4, -0.2) is 22.1 Å². The largest absolute Gasteiger partial charge is 0.369 e. The first-order chi connectivity index (χ1) is 8.62. The summed E-state index contributed by atoms with van der Waals surface area (Å²) >= 11 is 3.57. The topological polar surface area (TPSA) is 49.8 Å². The highest BCUT2D eigenvalue weighted by atomic mass is 79.9. The molecule has 0 aliphatic heterocycles. The van der Waals surface area contributed by atoms with E-state index in [0.717, 1.165) is 41.9 Å². The summed E-state index contributed by atoms with van der Waals surface area (Å²) in [5.41, 5.74) is 0.111. The number of anilines is 2. The molecule has 2 N–H and O–H groups in total. The molecule has 0 saturated heterocycles. The van der Waals surface area contributed by atoms with Crippen LogP contribution in [0.4, 0.5) is 11.6 Å². The Kier molecular flexibility index (Phi) is 5.85. The third-order valence-corrected chi connectivity index (χ3v) is 4.30. The van der Waals surface area contributed by atoms with Crippen molar-refractivity contribution in [3.63, 3.8) is 0 Å². The molecule has 102 valence electrons. The second kappa shape index (κ2) is 6.92. The van der Waals surface area contributed by atoms with Crippen LogP contribution in [0.25, 0.3) is 0 Å². The number of hydrogen-bond donors (Lipinski definition) is 2. The average Bonchev–Trinajstić information content (AvgIpc) is 2.41. The zero-order valence-electron chi connectivity index (χ0n) is 11.7. The van der Waals surface area contributed by atoms with Crippen LogP contribution in [0.15, 0.2) is 10.8 Å². The van der Waals surface area contributed by atoms with Crippen LogP contribution in [-0.2, 0) is 0 Å². The van der Waals surface area contributed by atoms with Crippen molar-refractivity contribution >= 4 is 27.6 Å². The van der Waals surface area contributed by atoms with Crippen LogP contribution in [0.2, 0.25) is 0 Å². The van der Waals surface area contributed by atoms with Gasteiger partial charge in [0.1, 0.15) is 22.4 Å². The average molecular weight is 315 g/mol. The summed E-state index contributed by atoms with van der Waals surface area (Å²) < 4.78 is 0.909. The van der Waals surface area contributed by atoms with Crippen molar-refractivity contribution < 1.29 is 0 Å². The van der Waals surface area contributed by atoms with Gasteiger partial charge in [0.05, 0.1) is 0 Å². The first kappa shape index (κ1) is 15.2. The minimum Gasteiger partial charge on any atom is -0.369 e. The number of halogens is 1. The Balaban J connectivity index is 2.99. The van der Waals surface area contributed by atoms with E-state index in [4.69, 9.17) is 0 Å². The molecule has 4 nitrogen and oxygen atoms in total. The molecule has 5 heteroatoms. The molecule has 1 aromatic rings. The zero-order valence-corrected chi connectivity index (χ0v) is 13.3. The number of nitrogens with zero attached hydrogens (tertiary/aromatic N) is 2. The number of aromatic nitrogens is 2. The van der Waals surface area contributed by atoms with Gasteiger partial charge < -0.3 is 10.6 Å². The van der Waals surface area contributed by atoms with E-state index in [1.165, 1.54) is 0 Å². The van der Waals surface area contributed by atoms with Gasteiger partial charge in [0.15, 0.2) is 0 Å². The van der Waals surface area contributed by atoms with E-state index in [1.807, 2.05) is 0 Å². The summed E-state index contributed by atoms with van der Waals surface area (Å²) in [5, 5.41) is 6.79. The summed E-state index contributed by atoms with van der Waals surface area (Å²) in [6, 6.07) is 0. The van der Waals surface area contributed by atoms with Gasteiger partial charge in [-0.25, -0.2) is 9.97 Å². The highest BCUT2D eigenvalue weighted by Crippen LogP contribution is 2.31. The Hall–Kier alpha value is -0.840. The lowest BCUT2D eigenvalue weighted by atomic mass is 9.90. The van der Waals surface area contributed by atoms with E-state index in [9.17, 15) is 0 Å². The molecule has 0 spiro atoms. The van der Waals surface area contributed by atoms with E-state index in [1.54, 1.807) is 6.33 Å². The van der Waals surface area contributed by atoms with Crippen LogP contribution < -0.4 is 10.6 Å². The van der Waals surface area contributed by atoms with Gasteiger partial charge in [-0.15, -0.1) is 0 Å². The zero-order chi connectivity index (χ0) is 13.6. The Labute approximate surface area is 118 Å². The van der Waals surface area contributed by atoms with Crippen molar-refractivity contribution in [1.82, 2.24) is 9.97 Å². The van der Waals surface area contributed by atoms with Gasteiger partial charge in [0.25, 0.3) is 0 Å². The molecule has 0 aromatic carbocycles. The van der Waals surface area contributed by atoms with Crippen LogP contribution >= 0.6 is 15.9 Å². The van der Waals surface area contributed by atoms with E-state index in [0.29, 0.717) is 0 Å². The monoisotopic (exact) mass is 314 g/mol. The van der Waals surface area contributed by atoms with Crippen LogP contribution in [0.3, 0.4) is 0 Å². The summed E-state index contributed by atoms with van der Waals surface area (Å²) in [7, 11) is 0. The lowest BCUT2D eigenvalue weighted by Gasteiger charge is -2.32. The first-order valence-electron chi connectivity index (χ1n) is 6.65. The molecular formula is C13H23BrN4. The predicted octanol–water partition coefficient (Wildman–Crippen LogP) is 4.05. The van der Waals surface area contributed by atoms with Crippen molar-refractivity contribution in [2.24, 2.45) is 0 Å². The maximum atomic E-state index is 4.34. The summed E-state index contributed by atoms with van der Waals surface area (Å²) in [6.45, 7) is 9.52. The van der Waals surface area contributed by atoms with Crippen molar-refractivity contribution in [3.05, 3.63) is 10.8 Å². The highest BCUT2D eigenvalue weighted by Gasteiger charge is 2.25. The molecule has 0 radical (unpaired) electrons. The van der Waals surface area contributed by atoms with Gasteiger partial charge >= 0.3 is 0 Å². The molecule has 0 aliphatic carbocycles. The third kappa shape index (κ3) is 3.34. The van der Waals surface area contributed by atoms with Crippen molar-refractivity contribution in [2.75, 3.05) is 17.2 Å². The number of nitrogens with one attached hydrogen (secondary N) is 2. The smallest absolute Gasteiger partial charge is 0.146 e. The molecule has 18 heavy (non-hydrogen) atoms. The van der Waals surface area contributed by atoms with E-state index >= 15 is 0 Å². The lowest BCUT2D eigenvalue weighted by molar-refractivity contribution is 0.418. The van der Waals surface area contributed by atoms with Crippen LogP contribution in [0.1, 0.15) is 47.0 Å². The van der Waals surface area contributed by atoms with Gasteiger partial charge in [-0.2, -0.15) is 0 Å². The van der Waals surface area contributed by atoms with Crippen molar-refractivity contribution in [3.8, 4) is 0 Å². The fourth-order valence-electron chi connectivity index (χ4n) is 2.01. The summed E-state index contributed by atoms with van der Waals surface area (Å²) in [6.07, 6.45) is 4.82. The Morgan fingerprint density at radius 1 is 1.06 bits per heavy atom. The maximum absolute atomic E-state index is 4.34. The van der Waals surface area contributed by atoms with Crippen LogP contribution in [0, 0.1) is 0 Å². The molecular weight excluding hydrogens is 292 g/mol. The minimum absolute atomic E-state index is 0.111. The summed E-state index contributed by atoms with van der Waals surface area (Å²) in [4.78, 5) is 8.57. The summed E-state index contributed by atoms with van der Waals surface area (Å²) in [5.74, 6) is 1.71. The van der Waals surface area contributed by atoms with Gasteiger partial charge in [-0.05, 0) is 42.1 Å². The van der Waals surface area contributed by atoms with Gasteiger partial charge in [0.2, 0.25) is 0 Å². The highest BCUT2D eigenvalue weighted by molar-refractivity contribution is 9.10. The SMILES string of the molecule is CCNc1ncnc(NC(CC)(CC)CC)c1Br. The lowest BCUT2D eigenvalue weighted by Crippen LogP contribution is -2.36. The van der Waals surface area contributed by atoms with Crippen LogP contribution in [0.5, 0.6) is 0 Å². The molecule has 0 aliphatic rings. The normalized spacial score (nSPS) is 11.4. The molecule has 0 amide bonds. The Morgan fingerprint density at radius 2 is 1.61 bits per heavy atom. The maximum Gasteiger partial charge on any atom is 0.146 e. The third-order valence-electron chi connectivity index (χ3n) is 3.55. The molecule has 1 aromatic heterocycles. The predicted molar refractivity (Wildman–Crippen MR) is 81.1 cm³/mol. The quantitative estimate of drug-likeness (QED) is 0.797. The molecule has 1 rings (SSSR count). The van der Waals surface area contributed by atoms with Gasteiger partial charge in [0, 0.05) is 12.1 Å². The standard InChI is InChI=1S/C13H23BrN4/c1-5-13(6-2,7-3)18-12-10(14)11(15-8-4)16-9-17-12/h9H,5-8H2,1-4H3,(H2,15,16,17,18).